The smallest absolute Gasteiger partial charge is 0.328 e. The monoisotopic (exact) mass is 376 g/mol. The van der Waals surface area contributed by atoms with Crippen LogP contribution in [0.25, 0.3) is 23.0 Å². The molecular formula is C16H10BrClN2O2. The topological polar surface area (TPSA) is 54.6 Å². The summed E-state index contributed by atoms with van der Waals surface area (Å²) in [4.78, 5) is 15.4. The highest BCUT2D eigenvalue weighted by atomic mass is 79.9. The fraction of sp³-hybridized carbons (Fsp3) is 0. The Hall–Kier alpha value is -2.11. The lowest BCUT2D eigenvalue weighted by atomic mass is 10.1. The number of hydrogen-bond donors (Lipinski definition) is 1. The van der Waals surface area contributed by atoms with E-state index in [4.69, 9.17) is 16.7 Å². The van der Waals surface area contributed by atoms with Crippen LogP contribution in [0.2, 0.25) is 5.02 Å². The number of hydrogen-bond acceptors (Lipinski definition) is 2. The first-order valence-electron chi connectivity index (χ1n) is 6.39. The minimum absolute atomic E-state index is 0.637. The van der Waals surface area contributed by atoms with Crippen molar-refractivity contribution in [3.05, 3.63) is 63.9 Å². The Balaban J connectivity index is 2.26. The highest BCUT2D eigenvalue weighted by Crippen LogP contribution is 2.27. The SMILES string of the molecule is O=C(O)/C=C\c1c(-c2ccc(Cl)cc2)nc2ccc(Br)cn12. The van der Waals surface area contributed by atoms with Crippen molar-refractivity contribution in [2.75, 3.05) is 0 Å². The van der Waals surface area contributed by atoms with E-state index in [2.05, 4.69) is 20.9 Å². The molecular weight excluding hydrogens is 368 g/mol. The minimum atomic E-state index is -1.01. The normalized spacial score (nSPS) is 11.4. The van der Waals surface area contributed by atoms with Crippen molar-refractivity contribution in [1.29, 1.82) is 0 Å². The van der Waals surface area contributed by atoms with Gasteiger partial charge in [-0.05, 0) is 46.3 Å². The van der Waals surface area contributed by atoms with Gasteiger partial charge in [0.25, 0.3) is 0 Å². The molecule has 0 atom stereocenters. The number of aliphatic carboxylic acids is 1. The molecule has 0 saturated carbocycles. The Morgan fingerprint density at radius 1 is 1.23 bits per heavy atom. The van der Waals surface area contributed by atoms with Crippen molar-refractivity contribution in [1.82, 2.24) is 9.38 Å². The average molecular weight is 378 g/mol. The van der Waals surface area contributed by atoms with Gasteiger partial charge in [0.2, 0.25) is 0 Å². The van der Waals surface area contributed by atoms with E-state index in [0.717, 1.165) is 21.8 Å². The summed E-state index contributed by atoms with van der Waals surface area (Å²) in [7, 11) is 0. The van der Waals surface area contributed by atoms with Crippen molar-refractivity contribution in [3.8, 4) is 11.3 Å². The number of rotatable bonds is 3. The predicted octanol–water partition coefficient (Wildman–Crippen LogP) is 4.52. The molecule has 3 rings (SSSR count). The number of halogens is 2. The molecule has 110 valence electrons. The molecule has 0 unspecified atom stereocenters. The molecule has 2 aromatic heterocycles. The number of carbonyl (C=O) groups is 1. The Kier molecular flexibility index (Phi) is 4.00. The van der Waals surface area contributed by atoms with Crippen molar-refractivity contribution in [2.45, 2.75) is 0 Å². The molecule has 0 spiro atoms. The van der Waals surface area contributed by atoms with Crippen LogP contribution >= 0.6 is 27.5 Å². The first kappa shape index (κ1) is 14.8. The number of aromatic nitrogens is 2. The zero-order chi connectivity index (χ0) is 15.7. The van der Waals surface area contributed by atoms with Crippen LogP contribution < -0.4 is 0 Å². The van der Waals surface area contributed by atoms with E-state index in [0.29, 0.717) is 16.4 Å². The van der Waals surface area contributed by atoms with Gasteiger partial charge in [-0.2, -0.15) is 0 Å². The molecule has 0 bridgehead atoms. The zero-order valence-corrected chi connectivity index (χ0v) is 13.5. The largest absolute Gasteiger partial charge is 0.478 e. The van der Waals surface area contributed by atoms with Gasteiger partial charge >= 0.3 is 5.97 Å². The Bertz CT molecular complexity index is 885. The average Bonchev–Trinajstić information content (AvgIpc) is 2.83. The quantitative estimate of drug-likeness (QED) is 0.683. The standard InChI is InChI=1S/C16H10BrClN2O2/c17-11-3-7-14-19-16(10-1-4-12(18)5-2-10)13(20(14)9-11)6-8-15(21)22/h1-9H,(H,21,22)/b8-6-. The fourth-order valence-electron chi connectivity index (χ4n) is 2.17. The lowest BCUT2D eigenvalue weighted by Gasteiger charge is -2.01. The van der Waals surface area contributed by atoms with Gasteiger partial charge < -0.3 is 5.11 Å². The second-order valence-electron chi connectivity index (χ2n) is 4.60. The van der Waals surface area contributed by atoms with Gasteiger partial charge in [-0.1, -0.05) is 23.7 Å². The Labute approximate surface area is 139 Å². The summed E-state index contributed by atoms with van der Waals surface area (Å²) in [5.74, 6) is -1.01. The number of pyridine rings is 1. The maximum absolute atomic E-state index is 10.8. The summed E-state index contributed by atoms with van der Waals surface area (Å²) < 4.78 is 2.72. The van der Waals surface area contributed by atoms with E-state index in [9.17, 15) is 4.79 Å². The van der Waals surface area contributed by atoms with E-state index in [1.807, 2.05) is 34.9 Å². The number of carboxylic acid groups (broad SMARTS) is 1. The van der Waals surface area contributed by atoms with Gasteiger partial charge in [0, 0.05) is 27.3 Å². The third-order valence-corrected chi connectivity index (χ3v) is 3.84. The second-order valence-corrected chi connectivity index (χ2v) is 5.95. The van der Waals surface area contributed by atoms with Crippen molar-refractivity contribution >= 4 is 45.2 Å². The highest BCUT2D eigenvalue weighted by Gasteiger charge is 2.12. The third kappa shape index (κ3) is 2.91. The summed E-state index contributed by atoms with van der Waals surface area (Å²) in [5, 5.41) is 9.53. The van der Waals surface area contributed by atoms with Crippen LogP contribution in [0.1, 0.15) is 5.69 Å². The third-order valence-electron chi connectivity index (χ3n) is 3.12. The summed E-state index contributed by atoms with van der Waals surface area (Å²) >= 11 is 9.33. The zero-order valence-electron chi connectivity index (χ0n) is 11.2. The minimum Gasteiger partial charge on any atom is -0.478 e. The molecule has 3 aromatic rings. The molecule has 0 aliphatic carbocycles. The number of carboxylic acids is 1. The molecule has 4 nitrogen and oxygen atoms in total. The maximum Gasteiger partial charge on any atom is 0.328 e. The molecule has 0 aliphatic rings. The first-order chi connectivity index (χ1) is 10.5. The van der Waals surface area contributed by atoms with Gasteiger partial charge in [-0.3, -0.25) is 4.40 Å². The molecule has 6 heteroatoms. The van der Waals surface area contributed by atoms with E-state index < -0.39 is 5.97 Å². The molecule has 22 heavy (non-hydrogen) atoms. The van der Waals surface area contributed by atoms with E-state index in [1.165, 1.54) is 0 Å². The summed E-state index contributed by atoms with van der Waals surface area (Å²) in [5.41, 5.74) is 3.00. The van der Waals surface area contributed by atoms with Gasteiger partial charge in [0.05, 0.1) is 11.4 Å². The van der Waals surface area contributed by atoms with Crippen molar-refractivity contribution in [3.63, 3.8) is 0 Å². The van der Waals surface area contributed by atoms with Crippen LogP contribution in [-0.4, -0.2) is 20.5 Å². The van der Waals surface area contributed by atoms with Gasteiger partial charge in [0.15, 0.2) is 0 Å². The number of benzene rings is 1. The van der Waals surface area contributed by atoms with Crippen LogP contribution in [-0.2, 0) is 4.79 Å². The molecule has 1 aromatic carbocycles. The second kappa shape index (κ2) is 5.94. The van der Waals surface area contributed by atoms with Crippen molar-refractivity contribution in [2.24, 2.45) is 0 Å². The molecule has 1 N–H and O–H groups in total. The highest BCUT2D eigenvalue weighted by molar-refractivity contribution is 9.10. The first-order valence-corrected chi connectivity index (χ1v) is 7.56. The lowest BCUT2D eigenvalue weighted by Crippen LogP contribution is -1.91. The van der Waals surface area contributed by atoms with Gasteiger partial charge in [-0.25, -0.2) is 9.78 Å². The van der Waals surface area contributed by atoms with Gasteiger partial charge in [0.1, 0.15) is 5.65 Å². The fourth-order valence-corrected chi connectivity index (χ4v) is 2.63. The summed E-state index contributed by atoms with van der Waals surface area (Å²) in [6.07, 6.45) is 4.49. The Morgan fingerprint density at radius 3 is 2.64 bits per heavy atom. The van der Waals surface area contributed by atoms with Crippen LogP contribution in [0.15, 0.2) is 53.1 Å². The molecule has 2 heterocycles. The van der Waals surface area contributed by atoms with Gasteiger partial charge in [-0.15, -0.1) is 0 Å². The van der Waals surface area contributed by atoms with E-state index in [-0.39, 0.29) is 0 Å². The molecule has 0 radical (unpaired) electrons. The number of nitrogens with zero attached hydrogens (tertiary/aromatic N) is 2. The predicted molar refractivity (Wildman–Crippen MR) is 90.0 cm³/mol. The lowest BCUT2D eigenvalue weighted by molar-refractivity contribution is -0.131. The summed E-state index contributed by atoms with van der Waals surface area (Å²) in [6.45, 7) is 0. The summed E-state index contributed by atoms with van der Waals surface area (Å²) in [6, 6.07) is 11.0. The Morgan fingerprint density at radius 2 is 1.95 bits per heavy atom. The molecule has 0 amide bonds. The number of fused-ring (bicyclic) bond motifs is 1. The van der Waals surface area contributed by atoms with Crippen LogP contribution in [0.5, 0.6) is 0 Å². The molecule has 0 saturated heterocycles. The molecule has 0 aliphatic heterocycles. The maximum atomic E-state index is 10.8. The number of imidazole rings is 1. The van der Waals surface area contributed by atoms with Crippen LogP contribution in [0.4, 0.5) is 0 Å². The van der Waals surface area contributed by atoms with E-state index in [1.54, 1.807) is 18.2 Å². The van der Waals surface area contributed by atoms with Crippen molar-refractivity contribution < 1.29 is 9.90 Å². The molecule has 0 fully saturated rings. The van der Waals surface area contributed by atoms with E-state index >= 15 is 0 Å². The van der Waals surface area contributed by atoms with Crippen LogP contribution in [0.3, 0.4) is 0 Å². The van der Waals surface area contributed by atoms with Crippen LogP contribution in [0, 0.1) is 0 Å².